The van der Waals surface area contributed by atoms with E-state index in [0.717, 1.165) is 17.6 Å². The zero-order chi connectivity index (χ0) is 16.6. The predicted molar refractivity (Wildman–Crippen MR) is 87.0 cm³/mol. The SMILES string of the molecule is CCCC1C(=O)C(C(C)(C)C)=C(C(C)(C)C)CN(C)C1=O. The number of carbonyl (C=O) groups is 2. The molecule has 3 nitrogen and oxygen atoms in total. The molecular formula is C18H31NO2. The van der Waals surface area contributed by atoms with Crippen molar-refractivity contribution in [2.45, 2.75) is 61.3 Å². The van der Waals surface area contributed by atoms with E-state index in [-0.39, 0.29) is 22.5 Å². The Bertz CT molecular complexity index is 461. The van der Waals surface area contributed by atoms with Crippen LogP contribution in [0.25, 0.3) is 0 Å². The molecule has 1 aliphatic heterocycles. The molecule has 0 N–H and O–H groups in total. The lowest BCUT2D eigenvalue weighted by atomic mass is 9.72. The average Bonchev–Trinajstić information content (AvgIpc) is 2.39. The fraction of sp³-hybridized carbons (Fsp3) is 0.778. The minimum Gasteiger partial charge on any atom is -0.341 e. The molecule has 0 aromatic carbocycles. The first-order chi connectivity index (χ1) is 9.41. The molecule has 21 heavy (non-hydrogen) atoms. The van der Waals surface area contributed by atoms with Gasteiger partial charge in [0.15, 0.2) is 5.78 Å². The molecule has 0 fully saturated rings. The van der Waals surface area contributed by atoms with Crippen LogP contribution in [0.1, 0.15) is 61.3 Å². The highest BCUT2D eigenvalue weighted by molar-refractivity contribution is 6.11. The van der Waals surface area contributed by atoms with Crippen molar-refractivity contribution in [1.82, 2.24) is 4.90 Å². The van der Waals surface area contributed by atoms with Gasteiger partial charge in [0.05, 0.1) is 0 Å². The first-order valence-electron chi connectivity index (χ1n) is 7.94. The minimum absolute atomic E-state index is 0.0251. The number of likely N-dealkylation sites (N-methyl/N-ethyl adjacent to an activating group) is 1. The Kier molecular flexibility index (Phi) is 5.07. The van der Waals surface area contributed by atoms with Crippen molar-refractivity contribution in [1.29, 1.82) is 0 Å². The fourth-order valence-electron chi connectivity index (χ4n) is 3.07. The maximum Gasteiger partial charge on any atom is 0.233 e. The van der Waals surface area contributed by atoms with E-state index in [1.807, 2.05) is 14.0 Å². The summed E-state index contributed by atoms with van der Waals surface area (Å²) < 4.78 is 0. The van der Waals surface area contributed by atoms with E-state index in [1.54, 1.807) is 4.90 Å². The van der Waals surface area contributed by atoms with E-state index >= 15 is 0 Å². The molecule has 0 aliphatic carbocycles. The van der Waals surface area contributed by atoms with Gasteiger partial charge in [-0.3, -0.25) is 9.59 Å². The fourth-order valence-corrected chi connectivity index (χ4v) is 3.07. The molecule has 1 amide bonds. The summed E-state index contributed by atoms with van der Waals surface area (Å²) in [6.45, 7) is 15.2. The van der Waals surface area contributed by atoms with Crippen molar-refractivity contribution < 1.29 is 9.59 Å². The molecule has 0 bridgehead atoms. The lowest BCUT2D eigenvalue weighted by Gasteiger charge is -2.32. The maximum absolute atomic E-state index is 13.1. The number of ketones is 1. The Morgan fingerprint density at radius 3 is 1.95 bits per heavy atom. The Labute approximate surface area is 129 Å². The second-order valence-electron chi connectivity index (χ2n) is 8.25. The molecule has 1 rings (SSSR count). The normalized spacial score (nSPS) is 21.9. The molecule has 1 atom stereocenters. The van der Waals surface area contributed by atoms with E-state index in [1.165, 1.54) is 0 Å². The van der Waals surface area contributed by atoms with Gasteiger partial charge in [-0.05, 0) is 22.8 Å². The third-order valence-electron chi connectivity index (χ3n) is 4.17. The van der Waals surface area contributed by atoms with Crippen molar-refractivity contribution in [3.05, 3.63) is 11.1 Å². The van der Waals surface area contributed by atoms with Crippen LogP contribution in [0.3, 0.4) is 0 Å². The van der Waals surface area contributed by atoms with Crippen LogP contribution in [-0.4, -0.2) is 30.2 Å². The predicted octanol–water partition coefficient (Wildman–Crippen LogP) is 3.83. The van der Waals surface area contributed by atoms with Crippen LogP contribution in [-0.2, 0) is 9.59 Å². The number of allylic oxidation sites excluding steroid dienone is 1. The zero-order valence-electron chi connectivity index (χ0n) is 15.0. The monoisotopic (exact) mass is 293 g/mol. The van der Waals surface area contributed by atoms with Crippen molar-refractivity contribution >= 4 is 11.7 Å². The summed E-state index contributed by atoms with van der Waals surface area (Å²) in [6, 6.07) is 0. The minimum atomic E-state index is -0.505. The summed E-state index contributed by atoms with van der Waals surface area (Å²) >= 11 is 0. The highest BCUT2D eigenvalue weighted by Crippen LogP contribution is 2.41. The quantitative estimate of drug-likeness (QED) is 0.726. The van der Waals surface area contributed by atoms with Gasteiger partial charge in [0.1, 0.15) is 5.92 Å². The topological polar surface area (TPSA) is 37.4 Å². The summed E-state index contributed by atoms with van der Waals surface area (Å²) in [7, 11) is 1.82. The molecule has 120 valence electrons. The standard InChI is InChI=1S/C18H31NO2/c1-9-10-12-15(20)14(18(5,6)7)13(17(2,3)4)11-19(8)16(12)21/h12H,9-11H2,1-8H3. The third-order valence-corrected chi connectivity index (χ3v) is 4.17. The summed E-state index contributed by atoms with van der Waals surface area (Å²) in [6.07, 6.45) is 1.48. The number of rotatable bonds is 2. The van der Waals surface area contributed by atoms with Gasteiger partial charge in [-0.1, -0.05) is 54.9 Å². The van der Waals surface area contributed by atoms with E-state index < -0.39 is 5.92 Å². The Balaban J connectivity index is 3.55. The van der Waals surface area contributed by atoms with Crippen LogP contribution in [0.2, 0.25) is 0 Å². The van der Waals surface area contributed by atoms with Gasteiger partial charge in [0.25, 0.3) is 0 Å². The summed E-state index contributed by atoms with van der Waals surface area (Å²) in [4.78, 5) is 27.4. The van der Waals surface area contributed by atoms with E-state index in [2.05, 4.69) is 41.5 Å². The van der Waals surface area contributed by atoms with Gasteiger partial charge in [-0.2, -0.15) is 0 Å². The van der Waals surface area contributed by atoms with Crippen molar-refractivity contribution in [3.63, 3.8) is 0 Å². The van der Waals surface area contributed by atoms with Crippen LogP contribution in [0.15, 0.2) is 11.1 Å². The smallest absolute Gasteiger partial charge is 0.233 e. The van der Waals surface area contributed by atoms with Crippen molar-refractivity contribution in [3.8, 4) is 0 Å². The highest BCUT2D eigenvalue weighted by Gasteiger charge is 2.41. The van der Waals surface area contributed by atoms with Crippen LogP contribution in [0.5, 0.6) is 0 Å². The van der Waals surface area contributed by atoms with Gasteiger partial charge in [-0.15, -0.1) is 0 Å². The van der Waals surface area contributed by atoms with Crippen LogP contribution in [0, 0.1) is 16.7 Å². The first-order valence-corrected chi connectivity index (χ1v) is 7.94. The van der Waals surface area contributed by atoms with Crippen LogP contribution in [0.4, 0.5) is 0 Å². The van der Waals surface area contributed by atoms with E-state index in [0.29, 0.717) is 13.0 Å². The van der Waals surface area contributed by atoms with Gasteiger partial charge >= 0.3 is 0 Å². The first kappa shape index (κ1) is 17.9. The molecule has 0 spiro atoms. The number of amides is 1. The lowest BCUT2D eigenvalue weighted by Crippen LogP contribution is -2.36. The van der Waals surface area contributed by atoms with Crippen molar-refractivity contribution in [2.75, 3.05) is 13.6 Å². The molecule has 0 saturated carbocycles. The summed E-state index contributed by atoms with van der Waals surface area (Å²) in [5.74, 6) is -0.486. The summed E-state index contributed by atoms with van der Waals surface area (Å²) in [5, 5.41) is 0. The molecule has 0 aromatic rings. The largest absolute Gasteiger partial charge is 0.341 e. The van der Waals surface area contributed by atoms with Crippen LogP contribution < -0.4 is 0 Å². The van der Waals surface area contributed by atoms with Gasteiger partial charge in [-0.25, -0.2) is 0 Å². The summed E-state index contributed by atoms with van der Waals surface area (Å²) in [5.41, 5.74) is 1.62. The van der Waals surface area contributed by atoms with Gasteiger partial charge in [0.2, 0.25) is 5.91 Å². The number of nitrogens with zero attached hydrogens (tertiary/aromatic N) is 1. The average molecular weight is 293 g/mol. The number of hydrogen-bond acceptors (Lipinski definition) is 2. The second-order valence-corrected chi connectivity index (χ2v) is 8.25. The lowest BCUT2D eigenvalue weighted by molar-refractivity contribution is -0.138. The zero-order valence-corrected chi connectivity index (χ0v) is 15.0. The molecule has 0 aromatic heterocycles. The number of Topliss-reactive ketones (excluding diaryl/α,β-unsaturated/α-hetero) is 1. The Hall–Kier alpha value is -1.12. The van der Waals surface area contributed by atoms with Crippen LogP contribution >= 0.6 is 0 Å². The molecule has 3 heteroatoms. The number of carbonyl (C=O) groups excluding carboxylic acids is 2. The molecule has 1 heterocycles. The molecule has 0 radical (unpaired) electrons. The molecule has 1 unspecified atom stereocenters. The second kappa shape index (κ2) is 5.94. The Morgan fingerprint density at radius 1 is 1.05 bits per heavy atom. The molecule has 0 saturated heterocycles. The van der Waals surface area contributed by atoms with Gasteiger partial charge < -0.3 is 4.90 Å². The molecule has 1 aliphatic rings. The molecular weight excluding hydrogens is 262 g/mol. The Morgan fingerprint density at radius 2 is 1.57 bits per heavy atom. The van der Waals surface area contributed by atoms with Gasteiger partial charge in [0, 0.05) is 19.2 Å². The van der Waals surface area contributed by atoms with E-state index in [4.69, 9.17) is 0 Å². The van der Waals surface area contributed by atoms with E-state index in [9.17, 15) is 9.59 Å². The third kappa shape index (κ3) is 3.75. The maximum atomic E-state index is 13.1. The number of hydrogen-bond donors (Lipinski definition) is 0. The van der Waals surface area contributed by atoms with Crippen molar-refractivity contribution in [2.24, 2.45) is 16.7 Å². The highest BCUT2D eigenvalue weighted by atomic mass is 16.2.